The number of likely N-dealkylation sites (tertiary alicyclic amines) is 1. The SMILES string of the molecule is O=C(NC1CCN(C(=O)c2cccc(-c3nc4ccccc4[nH]3)n2)CC1)c1cccc(-c2nc3ccccc3[nH]2)n1. The zero-order valence-corrected chi connectivity index (χ0v) is 22.0. The number of hydrogen-bond donors (Lipinski definition) is 3. The molecule has 1 aliphatic heterocycles. The van der Waals surface area contributed by atoms with E-state index in [9.17, 15) is 9.59 Å². The van der Waals surface area contributed by atoms with Crippen molar-refractivity contribution in [1.29, 1.82) is 0 Å². The average molecular weight is 543 g/mol. The Morgan fingerprint density at radius 2 is 1.20 bits per heavy atom. The summed E-state index contributed by atoms with van der Waals surface area (Å²) in [4.78, 5) is 52.9. The number of imidazole rings is 2. The van der Waals surface area contributed by atoms with Gasteiger partial charge in [0.05, 0.1) is 22.1 Å². The molecule has 5 heterocycles. The zero-order valence-electron chi connectivity index (χ0n) is 22.0. The average Bonchev–Trinajstić information content (AvgIpc) is 3.66. The smallest absolute Gasteiger partial charge is 0.272 e. The van der Waals surface area contributed by atoms with Crippen LogP contribution < -0.4 is 5.32 Å². The maximum atomic E-state index is 13.3. The molecule has 10 nitrogen and oxygen atoms in total. The predicted octanol–water partition coefficient (Wildman–Crippen LogP) is 4.60. The van der Waals surface area contributed by atoms with Gasteiger partial charge < -0.3 is 20.2 Å². The summed E-state index contributed by atoms with van der Waals surface area (Å²) in [6, 6.07) is 26.2. The highest BCUT2D eigenvalue weighted by atomic mass is 16.2. The number of nitrogens with one attached hydrogen (secondary N) is 3. The van der Waals surface area contributed by atoms with Crippen LogP contribution in [0.25, 0.3) is 45.1 Å². The second-order valence-corrected chi connectivity index (χ2v) is 10.1. The van der Waals surface area contributed by atoms with Crippen LogP contribution in [0.2, 0.25) is 0 Å². The van der Waals surface area contributed by atoms with Crippen LogP contribution >= 0.6 is 0 Å². The molecule has 1 saturated heterocycles. The standard InChI is InChI=1S/C31H26N8O2/c40-30(26-13-5-11-24(33-26)28-35-20-7-1-2-8-21(20)36-28)32-19-15-17-39(18-16-19)31(41)27-14-6-12-25(34-27)29-37-22-9-3-4-10-23(22)38-29/h1-14,19H,15-18H2,(H,32,40)(H,35,36)(H,37,38). The lowest BCUT2D eigenvalue weighted by Gasteiger charge is -2.32. The van der Waals surface area contributed by atoms with E-state index in [0.29, 0.717) is 60.4 Å². The third-order valence-electron chi connectivity index (χ3n) is 7.33. The number of aromatic nitrogens is 6. The number of amides is 2. The van der Waals surface area contributed by atoms with E-state index in [1.165, 1.54) is 0 Å². The minimum absolute atomic E-state index is 0.0574. The fourth-order valence-electron chi connectivity index (χ4n) is 5.18. The van der Waals surface area contributed by atoms with Crippen LogP contribution in [0.1, 0.15) is 33.8 Å². The first kappa shape index (κ1) is 24.6. The van der Waals surface area contributed by atoms with E-state index in [1.807, 2.05) is 66.7 Å². The van der Waals surface area contributed by atoms with E-state index in [4.69, 9.17) is 0 Å². The molecule has 2 aromatic carbocycles. The molecule has 202 valence electrons. The van der Waals surface area contributed by atoms with E-state index in [-0.39, 0.29) is 17.9 Å². The topological polar surface area (TPSA) is 133 Å². The highest BCUT2D eigenvalue weighted by Crippen LogP contribution is 2.21. The molecular formula is C31H26N8O2. The second kappa shape index (κ2) is 10.3. The van der Waals surface area contributed by atoms with Gasteiger partial charge in [0, 0.05) is 19.1 Å². The van der Waals surface area contributed by atoms with Crippen LogP contribution in [-0.4, -0.2) is 65.7 Å². The summed E-state index contributed by atoms with van der Waals surface area (Å²) in [7, 11) is 0. The summed E-state index contributed by atoms with van der Waals surface area (Å²) in [6.45, 7) is 1.04. The zero-order chi connectivity index (χ0) is 27.8. The van der Waals surface area contributed by atoms with E-state index >= 15 is 0 Å². The van der Waals surface area contributed by atoms with Gasteiger partial charge in [-0.25, -0.2) is 19.9 Å². The number of hydrogen-bond acceptors (Lipinski definition) is 6. The number of fused-ring (bicyclic) bond motifs is 2. The largest absolute Gasteiger partial charge is 0.348 e. The molecule has 0 spiro atoms. The van der Waals surface area contributed by atoms with Crippen molar-refractivity contribution in [3.05, 3.63) is 96.3 Å². The minimum atomic E-state index is -0.243. The van der Waals surface area contributed by atoms with E-state index in [1.54, 1.807) is 23.1 Å². The lowest BCUT2D eigenvalue weighted by atomic mass is 10.0. The molecule has 1 aliphatic rings. The maximum absolute atomic E-state index is 13.3. The lowest BCUT2D eigenvalue weighted by Crippen LogP contribution is -2.46. The van der Waals surface area contributed by atoms with Crippen LogP contribution in [0.3, 0.4) is 0 Å². The molecular weight excluding hydrogens is 516 g/mol. The van der Waals surface area contributed by atoms with Gasteiger partial charge in [-0.2, -0.15) is 0 Å². The number of aromatic amines is 2. The molecule has 0 bridgehead atoms. The number of piperidine rings is 1. The van der Waals surface area contributed by atoms with E-state index in [2.05, 4.69) is 35.2 Å². The summed E-state index contributed by atoms with van der Waals surface area (Å²) in [5.74, 6) is 0.867. The summed E-state index contributed by atoms with van der Waals surface area (Å²) in [5, 5.41) is 3.08. The van der Waals surface area contributed by atoms with Crippen molar-refractivity contribution in [2.45, 2.75) is 18.9 Å². The summed E-state index contributed by atoms with van der Waals surface area (Å²) < 4.78 is 0. The van der Waals surface area contributed by atoms with Crippen molar-refractivity contribution < 1.29 is 9.59 Å². The van der Waals surface area contributed by atoms with Crippen LogP contribution in [0.15, 0.2) is 84.9 Å². The van der Waals surface area contributed by atoms with Crippen LogP contribution in [0.5, 0.6) is 0 Å². The Morgan fingerprint density at radius 3 is 1.78 bits per heavy atom. The third kappa shape index (κ3) is 4.91. The normalized spacial score (nSPS) is 14.0. The Kier molecular flexibility index (Phi) is 6.19. The number of rotatable bonds is 5. The molecule has 0 atom stereocenters. The molecule has 0 radical (unpaired) electrons. The number of pyridine rings is 2. The molecule has 2 amide bonds. The molecule has 0 aliphatic carbocycles. The Labute approximate surface area is 234 Å². The summed E-state index contributed by atoms with van der Waals surface area (Å²) in [5.41, 5.74) is 5.44. The molecule has 1 fully saturated rings. The first-order chi connectivity index (χ1) is 20.1. The van der Waals surface area contributed by atoms with Crippen LogP contribution in [0.4, 0.5) is 0 Å². The van der Waals surface area contributed by atoms with Gasteiger partial charge in [-0.1, -0.05) is 36.4 Å². The molecule has 3 N–H and O–H groups in total. The molecule has 6 aromatic rings. The van der Waals surface area contributed by atoms with Gasteiger partial charge in [0.2, 0.25) is 0 Å². The Hall–Kier alpha value is -5.38. The number of H-pyrrole nitrogens is 2. The van der Waals surface area contributed by atoms with Gasteiger partial charge in [-0.15, -0.1) is 0 Å². The number of para-hydroxylation sites is 4. The van der Waals surface area contributed by atoms with Gasteiger partial charge in [0.25, 0.3) is 11.8 Å². The Morgan fingerprint density at radius 1 is 0.659 bits per heavy atom. The molecule has 7 rings (SSSR count). The van der Waals surface area contributed by atoms with Crippen molar-refractivity contribution in [3.8, 4) is 23.0 Å². The number of carbonyl (C=O) groups excluding carboxylic acids is 2. The van der Waals surface area contributed by atoms with Gasteiger partial charge >= 0.3 is 0 Å². The highest BCUT2D eigenvalue weighted by molar-refractivity contribution is 5.94. The summed E-state index contributed by atoms with van der Waals surface area (Å²) >= 11 is 0. The molecule has 10 heteroatoms. The lowest BCUT2D eigenvalue weighted by molar-refractivity contribution is 0.0692. The van der Waals surface area contributed by atoms with Crippen LogP contribution in [0, 0.1) is 0 Å². The van der Waals surface area contributed by atoms with Crippen molar-refractivity contribution in [2.75, 3.05) is 13.1 Å². The molecule has 41 heavy (non-hydrogen) atoms. The maximum Gasteiger partial charge on any atom is 0.272 e. The first-order valence-electron chi connectivity index (χ1n) is 13.6. The highest BCUT2D eigenvalue weighted by Gasteiger charge is 2.26. The predicted molar refractivity (Wildman–Crippen MR) is 155 cm³/mol. The van der Waals surface area contributed by atoms with E-state index in [0.717, 1.165) is 22.1 Å². The van der Waals surface area contributed by atoms with Crippen molar-refractivity contribution in [2.24, 2.45) is 0 Å². The van der Waals surface area contributed by atoms with Gasteiger partial charge in [0.15, 0.2) is 11.6 Å². The van der Waals surface area contributed by atoms with Gasteiger partial charge in [0.1, 0.15) is 22.8 Å². The quantitative estimate of drug-likeness (QED) is 0.292. The first-order valence-corrected chi connectivity index (χ1v) is 13.6. The molecule has 0 unspecified atom stereocenters. The number of benzene rings is 2. The monoisotopic (exact) mass is 542 g/mol. The minimum Gasteiger partial charge on any atom is -0.348 e. The van der Waals surface area contributed by atoms with Crippen molar-refractivity contribution >= 4 is 33.9 Å². The summed E-state index contributed by atoms with van der Waals surface area (Å²) in [6.07, 6.45) is 1.29. The Balaban J connectivity index is 0.987. The Bertz CT molecular complexity index is 1840. The van der Waals surface area contributed by atoms with Crippen molar-refractivity contribution in [3.63, 3.8) is 0 Å². The second-order valence-electron chi connectivity index (χ2n) is 10.1. The van der Waals surface area contributed by atoms with E-state index < -0.39 is 0 Å². The molecule has 4 aromatic heterocycles. The fourth-order valence-corrected chi connectivity index (χ4v) is 5.18. The van der Waals surface area contributed by atoms with Gasteiger partial charge in [-0.05, 0) is 61.4 Å². The number of carbonyl (C=O) groups is 2. The van der Waals surface area contributed by atoms with Gasteiger partial charge in [-0.3, -0.25) is 9.59 Å². The van der Waals surface area contributed by atoms with Crippen molar-refractivity contribution in [1.82, 2.24) is 40.1 Å². The third-order valence-corrected chi connectivity index (χ3v) is 7.33. The fraction of sp³-hybridized carbons (Fsp3) is 0.161. The number of nitrogens with zero attached hydrogens (tertiary/aromatic N) is 5. The van der Waals surface area contributed by atoms with Crippen LogP contribution in [-0.2, 0) is 0 Å². The molecule has 0 saturated carbocycles.